The Morgan fingerprint density at radius 3 is 2.14 bits per heavy atom. The van der Waals surface area contributed by atoms with E-state index in [0.717, 1.165) is 0 Å². The first-order valence-electron chi connectivity index (χ1n) is 8.68. The fourth-order valence-electron chi connectivity index (χ4n) is 2.45. The molecule has 0 amide bonds. The van der Waals surface area contributed by atoms with E-state index in [1.54, 1.807) is 38.1 Å². The molecule has 0 unspecified atom stereocenters. The third-order valence-corrected chi connectivity index (χ3v) is 4.07. The fourth-order valence-corrected chi connectivity index (χ4v) is 2.73. The summed E-state index contributed by atoms with van der Waals surface area (Å²) in [5, 5.41) is 0. The van der Waals surface area contributed by atoms with Crippen LogP contribution in [0.5, 0.6) is 0 Å². The van der Waals surface area contributed by atoms with Gasteiger partial charge in [-0.15, -0.1) is 0 Å². The van der Waals surface area contributed by atoms with Crippen LogP contribution in [0.3, 0.4) is 0 Å². The summed E-state index contributed by atoms with van der Waals surface area (Å²) in [7, 11) is 0. The van der Waals surface area contributed by atoms with Crippen LogP contribution in [-0.4, -0.2) is 53.2 Å². The molecule has 29 heavy (non-hydrogen) atoms. The Hall–Kier alpha value is -2.16. The number of rotatable bonds is 8. The zero-order chi connectivity index (χ0) is 21.4. The summed E-state index contributed by atoms with van der Waals surface area (Å²) in [6.07, 6.45) is 1.22. The first kappa shape index (κ1) is 23.1. The Labute approximate surface area is 183 Å². The van der Waals surface area contributed by atoms with E-state index in [0.29, 0.717) is 11.3 Å². The van der Waals surface area contributed by atoms with Crippen molar-refractivity contribution in [2.45, 2.75) is 17.6 Å². The van der Waals surface area contributed by atoms with Gasteiger partial charge in [0.25, 0.3) is 0 Å². The van der Waals surface area contributed by atoms with Gasteiger partial charge in [-0.1, -0.05) is 46.9 Å². The molecule has 1 aromatic carbocycles. The summed E-state index contributed by atoms with van der Waals surface area (Å²) in [6.45, 7) is 3.48. The molecule has 0 aliphatic carbocycles. The number of carbonyl (C=O) groups excluding carboxylic acids is 2. The van der Waals surface area contributed by atoms with E-state index in [2.05, 4.69) is 15.0 Å². The van der Waals surface area contributed by atoms with Crippen molar-refractivity contribution in [3.05, 3.63) is 36.4 Å². The van der Waals surface area contributed by atoms with Crippen molar-refractivity contribution in [1.29, 1.82) is 0 Å². The molecule has 1 heterocycles. The van der Waals surface area contributed by atoms with Crippen LogP contribution in [0.1, 0.15) is 19.7 Å². The Bertz CT molecular complexity index is 841. The standard InChI is InChI=1S/C18H19Cl3N4O4/c1-3-28-14(26)9-25(10-15(27)29-4-2)13-8-6-5-7-12(13)16-22-11-23-17(24-16)18(19,20)21/h5-8,11H,3-4,9-10H2,1-2H3. The lowest BCUT2D eigenvalue weighted by Gasteiger charge is -2.25. The predicted molar refractivity (Wildman–Crippen MR) is 110 cm³/mol. The lowest BCUT2D eigenvalue weighted by molar-refractivity contribution is -0.142. The van der Waals surface area contributed by atoms with Crippen LogP contribution in [0.25, 0.3) is 11.4 Å². The minimum absolute atomic E-state index is 0.0513. The largest absolute Gasteiger partial charge is 0.465 e. The van der Waals surface area contributed by atoms with Gasteiger partial charge < -0.3 is 14.4 Å². The van der Waals surface area contributed by atoms with Crippen molar-refractivity contribution in [1.82, 2.24) is 15.0 Å². The number of esters is 2. The van der Waals surface area contributed by atoms with Crippen LogP contribution in [0.4, 0.5) is 5.69 Å². The topological polar surface area (TPSA) is 94.5 Å². The van der Waals surface area contributed by atoms with Gasteiger partial charge in [-0.3, -0.25) is 9.59 Å². The molecule has 1 aromatic heterocycles. The van der Waals surface area contributed by atoms with E-state index >= 15 is 0 Å². The van der Waals surface area contributed by atoms with E-state index in [1.807, 2.05) is 0 Å². The van der Waals surface area contributed by atoms with Crippen molar-refractivity contribution in [2.24, 2.45) is 0 Å². The molecule has 0 radical (unpaired) electrons. The van der Waals surface area contributed by atoms with Crippen molar-refractivity contribution < 1.29 is 19.1 Å². The van der Waals surface area contributed by atoms with E-state index in [-0.39, 0.29) is 38.0 Å². The number of alkyl halides is 3. The van der Waals surface area contributed by atoms with Gasteiger partial charge in [0.1, 0.15) is 19.4 Å². The molecule has 2 aromatic rings. The highest BCUT2D eigenvalue weighted by molar-refractivity contribution is 6.66. The second-order valence-electron chi connectivity index (χ2n) is 5.61. The van der Waals surface area contributed by atoms with Crippen molar-refractivity contribution >= 4 is 52.4 Å². The molecule has 8 nitrogen and oxygen atoms in total. The van der Waals surface area contributed by atoms with Crippen LogP contribution in [0.15, 0.2) is 30.6 Å². The van der Waals surface area contributed by atoms with Crippen LogP contribution < -0.4 is 4.90 Å². The molecule has 0 bridgehead atoms. The van der Waals surface area contributed by atoms with Crippen molar-refractivity contribution in [3.8, 4) is 11.4 Å². The van der Waals surface area contributed by atoms with Crippen LogP contribution >= 0.6 is 34.8 Å². The Balaban J connectivity index is 2.47. The van der Waals surface area contributed by atoms with E-state index in [4.69, 9.17) is 44.3 Å². The number of carbonyl (C=O) groups is 2. The van der Waals surface area contributed by atoms with Crippen molar-refractivity contribution in [3.63, 3.8) is 0 Å². The average molecular weight is 462 g/mol. The van der Waals surface area contributed by atoms with Crippen LogP contribution in [0.2, 0.25) is 0 Å². The Morgan fingerprint density at radius 1 is 1.00 bits per heavy atom. The number of para-hydroxylation sites is 1. The molecule has 0 aliphatic heterocycles. The van der Waals surface area contributed by atoms with Gasteiger partial charge >= 0.3 is 11.9 Å². The average Bonchev–Trinajstić information content (AvgIpc) is 2.67. The maximum atomic E-state index is 12.1. The smallest absolute Gasteiger partial charge is 0.325 e. The lowest BCUT2D eigenvalue weighted by atomic mass is 10.1. The second kappa shape index (κ2) is 10.6. The molecule has 0 spiro atoms. The normalized spacial score (nSPS) is 11.1. The molecule has 0 saturated carbocycles. The zero-order valence-electron chi connectivity index (χ0n) is 15.8. The monoisotopic (exact) mass is 460 g/mol. The second-order valence-corrected chi connectivity index (χ2v) is 7.89. The number of benzene rings is 1. The number of hydrogen-bond acceptors (Lipinski definition) is 8. The van der Waals surface area contributed by atoms with Gasteiger partial charge in [0, 0.05) is 11.3 Å². The SMILES string of the molecule is CCOC(=O)CN(CC(=O)OCC)c1ccccc1-c1ncnc(C(Cl)(Cl)Cl)n1. The molecule has 0 atom stereocenters. The third-order valence-electron chi connectivity index (χ3n) is 3.56. The number of halogens is 3. The number of ether oxygens (including phenoxy) is 2. The highest BCUT2D eigenvalue weighted by Crippen LogP contribution is 2.37. The molecular formula is C18H19Cl3N4O4. The van der Waals surface area contributed by atoms with Crippen LogP contribution in [0, 0.1) is 0 Å². The molecule has 156 valence electrons. The summed E-state index contributed by atoms with van der Waals surface area (Å²) in [6, 6.07) is 6.94. The van der Waals surface area contributed by atoms with Gasteiger partial charge in [0.05, 0.1) is 13.2 Å². The van der Waals surface area contributed by atoms with Gasteiger partial charge in [-0.25, -0.2) is 15.0 Å². The number of nitrogens with zero attached hydrogens (tertiary/aromatic N) is 4. The maximum absolute atomic E-state index is 12.1. The number of hydrogen-bond donors (Lipinski definition) is 0. The maximum Gasteiger partial charge on any atom is 0.325 e. The lowest BCUT2D eigenvalue weighted by Crippen LogP contribution is -2.36. The molecule has 2 rings (SSSR count). The first-order valence-corrected chi connectivity index (χ1v) is 9.81. The Morgan fingerprint density at radius 2 is 1.59 bits per heavy atom. The van der Waals surface area contributed by atoms with Gasteiger partial charge in [-0.05, 0) is 26.0 Å². The van der Waals surface area contributed by atoms with E-state index in [1.165, 1.54) is 11.2 Å². The first-order chi connectivity index (χ1) is 13.8. The minimum Gasteiger partial charge on any atom is -0.465 e. The van der Waals surface area contributed by atoms with Crippen LogP contribution in [-0.2, 0) is 22.9 Å². The summed E-state index contributed by atoms with van der Waals surface area (Å²) in [4.78, 5) is 37.9. The fraction of sp³-hybridized carbons (Fsp3) is 0.389. The van der Waals surface area contributed by atoms with Gasteiger partial charge in [0.15, 0.2) is 11.6 Å². The van der Waals surface area contributed by atoms with Gasteiger partial charge in [0.2, 0.25) is 3.79 Å². The summed E-state index contributed by atoms with van der Waals surface area (Å²) < 4.78 is 8.21. The number of anilines is 1. The molecule has 0 N–H and O–H groups in total. The molecule has 0 saturated heterocycles. The summed E-state index contributed by atoms with van der Waals surface area (Å²) >= 11 is 17.6. The third kappa shape index (κ3) is 6.69. The van der Waals surface area contributed by atoms with Gasteiger partial charge in [-0.2, -0.15) is 0 Å². The minimum atomic E-state index is -1.83. The Kier molecular flexibility index (Phi) is 8.43. The summed E-state index contributed by atoms with van der Waals surface area (Å²) in [5.74, 6) is -0.826. The van der Waals surface area contributed by atoms with Crippen molar-refractivity contribution in [2.75, 3.05) is 31.2 Å². The van der Waals surface area contributed by atoms with E-state index < -0.39 is 15.7 Å². The molecule has 11 heteroatoms. The highest BCUT2D eigenvalue weighted by Gasteiger charge is 2.28. The predicted octanol–water partition coefficient (Wildman–Crippen LogP) is 3.30. The van der Waals surface area contributed by atoms with E-state index in [9.17, 15) is 9.59 Å². The quantitative estimate of drug-likeness (QED) is 0.436. The molecular weight excluding hydrogens is 443 g/mol. The molecule has 0 aliphatic rings. The summed E-state index contributed by atoms with van der Waals surface area (Å²) in [5.41, 5.74) is 1.02. The zero-order valence-corrected chi connectivity index (χ0v) is 18.0. The number of aromatic nitrogens is 3. The molecule has 0 fully saturated rings. The highest BCUT2D eigenvalue weighted by atomic mass is 35.6.